The van der Waals surface area contributed by atoms with Crippen molar-refractivity contribution in [1.82, 2.24) is 24.5 Å². The third-order valence-electron chi connectivity index (χ3n) is 10.2. The van der Waals surface area contributed by atoms with E-state index >= 15 is 0 Å². The number of likely N-dealkylation sites (tertiary alicyclic amines) is 2. The van der Waals surface area contributed by atoms with Gasteiger partial charge in [0.25, 0.3) is 5.91 Å². The highest BCUT2D eigenvalue weighted by Gasteiger charge is 2.43. The minimum Gasteiger partial charge on any atom is -0.445 e. The number of hydrogen-bond donors (Lipinski definition) is 2. The molecule has 1 unspecified atom stereocenters. The fraction of sp³-hybridized carbons (Fsp3) is 0.548. The first-order chi connectivity index (χ1) is 25.9. The maximum absolute atomic E-state index is 14.8. The Morgan fingerprint density at radius 3 is 2.31 bits per heavy atom. The lowest BCUT2D eigenvalue weighted by Gasteiger charge is -2.36. The van der Waals surface area contributed by atoms with E-state index in [4.69, 9.17) is 14.5 Å². The van der Waals surface area contributed by atoms with Crippen LogP contribution in [-0.2, 0) is 21.5 Å². The van der Waals surface area contributed by atoms with Crippen LogP contribution in [0.15, 0.2) is 65.7 Å². The molecule has 2 aliphatic rings. The Kier molecular flexibility index (Phi) is 13.4. The highest BCUT2D eigenvalue weighted by atomic mass is 32.2. The van der Waals surface area contributed by atoms with E-state index in [0.717, 1.165) is 49.6 Å². The van der Waals surface area contributed by atoms with Crippen LogP contribution in [0.5, 0.6) is 0 Å². The second-order valence-electron chi connectivity index (χ2n) is 17.3. The monoisotopic (exact) mass is 776 g/mol. The molecule has 3 aromatic rings. The molecule has 0 saturated carbocycles. The van der Waals surface area contributed by atoms with Crippen molar-refractivity contribution in [1.29, 1.82) is 0 Å². The van der Waals surface area contributed by atoms with Gasteiger partial charge in [-0.25, -0.2) is 19.6 Å². The fourth-order valence-corrected chi connectivity index (χ4v) is 7.87. The Bertz CT molecular complexity index is 1790. The lowest BCUT2D eigenvalue weighted by Crippen LogP contribution is -2.45. The van der Waals surface area contributed by atoms with Crippen LogP contribution in [0.3, 0.4) is 0 Å². The molecule has 3 amide bonds. The van der Waals surface area contributed by atoms with Crippen LogP contribution in [0.2, 0.25) is 0 Å². The minimum atomic E-state index is -0.813. The Hall–Kier alpha value is -4.39. The van der Waals surface area contributed by atoms with Crippen molar-refractivity contribution in [2.45, 2.75) is 122 Å². The van der Waals surface area contributed by atoms with Crippen molar-refractivity contribution in [3.63, 3.8) is 0 Å². The van der Waals surface area contributed by atoms with Gasteiger partial charge in [-0.05, 0) is 108 Å². The minimum absolute atomic E-state index is 0.0324. The summed E-state index contributed by atoms with van der Waals surface area (Å²) >= 11 is 1.01. The van der Waals surface area contributed by atoms with E-state index in [0.29, 0.717) is 36.2 Å². The smallest absolute Gasteiger partial charge is 0.410 e. The fourth-order valence-electron chi connectivity index (χ4n) is 7.27. The molecule has 2 saturated heterocycles. The molecule has 2 N–H and O–H groups in total. The van der Waals surface area contributed by atoms with Gasteiger partial charge >= 0.3 is 12.2 Å². The maximum atomic E-state index is 14.8. The van der Waals surface area contributed by atoms with Gasteiger partial charge in [0.05, 0.1) is 5.56 Å². The molecular weight excluding hydrogens is 720 g/mol. The number of halogens is 1. The number of amides is 3. The van der Waals surface area contributed by atoms with Gasteiger partial charge in [-0.3, -0.25) is 9.52 Å². The van der Waals surface area contributed by atoms with Crippen molar-refractivity contribution in [2.24, 2.45) is 11.8 Å². The summed E-state index contributed by atoms with van der Waals surface area (Å²) in [6.07, 6.45) is 3.57. The van der Waals surface area contributed by atoms with Gasteiger partial charge in [0, 0.05) is 54.3 Å². The van der Waals surface area contributed by atoms with Gasteiger partial charge in [0.2, 0.25) is 5.95 Å². The van der Waals surface area contributed by atoms with Gasteiger partial charge in [-0.1, -0.05) is 57.2 Å². The molecule has 0 bridgehead atoms. The van der Waals surface area contributed by atoms with Gasteiger partial charge < -0.3 is 24.6 Å². The predicted octanol–water partition coefficient (Wildman–Crippen LogP) is 9.00. The first-order valence-electron chi connectivity index (χ1n) is 19.2. The molecule has 298 valence electrons. The first-order valence-corrected chi connectivity index (χ1v) is 20.0. The van der Waals surface area contributed by atoms with Crippen LogP contribution in [0, 0.1) is 17.8 Å². The summed E-state index contributed by atoms with van der Waals surface area (Å²) in [6.45, 7) is 17.7. The Balaban J connectivity index is 1.24. The molecule has 0 aliphatic carbocycles. The molecule has 2 aromatic heterocycles. The van der Waals surface area contributed by atoms with Crippen LogP contribution in [0.1, 0.15) is 109 Å². The lowest BCUT2D eigenvalue weighted by atomic mass is 9.84. The molecule has 0 radical (unpaired) electrons. The van der Waals surface area contributed by atoms with Crippen molar-refractivity contribution < 1.29 is 28.2 Å². The number of carbonyl (C=O) groups excluding carboxylic acids is 3. The molecule has 2 fully saturated rings. The number of aromatic nitrogens is 2. The third-order valence-corrected chi connectivity index (χ3v) is 10.9. The third kappa shape index (κ3) is 11.8. The van der Waals surface area contributed by atoms with Gasteiger partial charge in [0.15, 0.2) is 0 Å². The summed E-state index contributed by atoms with van der Waals surface area (Å²) < 4.78 is 28.9. The summed E-state index contributed by atoms with van der Waals surface area (Å²) in [5, 5.41) is 4.23. The van der Waals surface area contributed by atoms with Crippen LogP contribution >= 0.6 is 11.9 Å². The van der Waals surface area contributed by atoms with Gasteiger partial charge in [0.1, 0.15) is 23.1 Å². The van der Waals surface area contributed by atoms with Crippen molar-refractivity contribution in [3.05, 3.63) is 83.4 Å². The number of nitrogens with one attached hydrogen (secondary N) is 2. The van der Waals surface area contributed by atoms with E-state index in [1.165, 1.54) is 6.07 Å². The average molecular weight is 777 g/mol. The molecule has 2 atom stereocenters. The highest BCUT2D eigenvalue weighted by molar-refractivity contribution is 7.97. The molecule has 4 heterocycles. The van der Waals surface area contributed by atoms with E-state index in [-0.39, 0.29) is 53.2 Å². The molecule has 2 aliphatic heterocycles. The Morgan fingerprint density at radius 1 is 0.945 bits per heavy atom. The van der Waals surface area contributed by atoms with Crippen molar-refractivity contribution in [3.8, 4) is 0 Å². The summed E-state index contributed by atoms with van der Waals surface area (Å²) in [5.74, 6) is -0.218. The van der Waals surface area contributed by atoms with Gasteiger partial charge in [-0.2, -0.15) is 4.39 Å². The maximum Gasteiger partial charge on any atom is 0.410 e. The van der Waals surface area contributed by atoms with Gasteiger partial charge in [-0.15, -0.1) is 0 Å². The zero-order chi connectivity index (χ0) is 40.0. The molecule has 55 heavy (non-hydrogen) atoms. The molecule has 0 spiro atoms. The summed E-state index contributed by atoms with van der Waals surface area (Å²) in [4.78, 5) is 51.4. The standard InChI is InChI=1S/C42H57FN6O5S/c1-40(2,3)33-20-18-31(36(43)45-33)37(50)47-55-35-16-12-15-34(46-35)44-32(19-17-29-25-42(7,8)49(26-29)39(52)54-41(4,5)6)30-21-23-48(24-22-30)38(51)53-27-28-13-10-9-11-14-28/h9-16,18,20,29-30,32H,17,19,21-27H2,1-8H3,(H,44,46)(H,47,50)/t29-,32?/m0/s1. The zero-order valence-corrected chi connectivity index (χ0v) is 34.3. The highest BCUT2D eigenvalue weighted by Crippen LogP contribution is 2.38. The lowest BCUT2D eigenvalue weighted by molar-refractivity contribution is 0.0130. The van der Waals surface area contributed by atoms with E-state index in [9.17, 15) is 18.8 Å². The van der Waals surface area contributed by atoms with Crippen molar-refractivity contribution >= 4 is 35.9 Å². The van der Waals surface area contributed by atoms with E-state index in [1.807, 2.05) is 88.9 Å². The molecule has 11 nitrogen and oxygen atoms in total. The second-order valence-corrected chi connectivity index (χ2v) is 18.2. The molecule has 13 heteroatoms. The number of ether oxygens (including phenoxy) is 2. The average Bonchev–Trinajstić information content (AvgIpc) is 3.44. The van der Waals surface area contributed by atoms with Crippen LogP contribution in [0.25, 0.3) is 0 Å². The predicted molar refractivity (Wildman–Crippen MR) is 213 cm³/mol. The quantitative estimate of drug-likeness (QED) is 0.145. The number of nitrogens with zero attached hydrogens (tertiary/aromatic N) is 4. The largest absolute Gasteiger partial charge is 0.445 e. The van der Waals surface area contributed by atoms with Crippen LogP contribution < -0.4 is 10.0 Å². The summed E-state index contributed by atoms with van der Waals surface area (Å²) in [6, 6.07) is 18.4. The SMILES string of the molecule is CC(C)(C)OC(=O)N1C[C@@H](CCC(Nc2cccc(SNC(=O)c3ccc(C(C)(C)C)nc3F)n2)C2CCN(C(=O)OCc3ccccc3)CC2)CC1(C)C. The topological polar surface area (TPSA) is 126 Å². The molecule has 5 rings (SSSR count). The Labute approximate surface area is 329 Å². The molecule has 1 aromatic carbocycles. The van der Waals surface area contributed by atoms with E-state index < -0.39 is 17.5 Å². The first kappa shape index (κ1) is 41.8. The van der Waals surface area contributed by atoms with Crippen molar-refractivity contribution in [2.75, 3.05) is 25.0 Å². The number of carbonyl (C=O) groups is 3. The number of hydrogen-bond acceptors (Lipinski definition) is 9. The number of benzene rings is 1. The second kappa shape index (κ2) is 17.6. The number of anilines is 1. The van der Waals surface area contributed by atoms with E-state index in [1.54, 1.807) is 17.0 Å². The van der Waals surface area contributed by atoms with E-state index in [2.05, 4.69) is 28.9 Å². The van der Waals surface area contributed by atoms with Crippen LogP contribution in [-0.4, -0.2) is 74.7 Å². The summed E-state index contributed by atoms with van der Waals surface area (Å²) in [5.41, 5.74) is 0.130. The Morgan fingerprint density at radius 2 is 1.65 bits per heavy atom. The normalized spacial score (nSPS) is 18.1. The molecular formula is C42H57FN6O5S. The number of pyridine rings is 2. The number of rotatable bonds is 11. The van der Waals surface area contributed by atoms with Crippen LogP contribution in [0.4, 0.5) is 19.8 Å². The number of piperidine rings is 1. The summed E-state index contributed by atoms with van der Waals surface area (Å²) in [7, 11) is 0. The zero-order valence-electron chi connectivity index (χ0n) is 33.5.